The van der Waals surface area contributed by atoms with Gasteiger partial charge in [-0.2, -0.15) is 0 Å². The first kappa shape index (κ1) is 19.2. The van der Waals surface area contributed by atoms with Crippen LogP contribution in [-0.2, 0) is 11.2 Å². The third-order valence-corrected chi connectivity index (χ3v) is 6.68. The molecule has 3 aliphatic heterocycles. The molecule has 156 valence electrons. The number of fused-ring (bicyclic) bond motifs is 5. The lowest BCUT2D eigenvalue weighted by Crippen LogP contribution is -2.37. The van der Waals surface area contributed by atoms with Gasteiger partial charge in [-0.1, -0.05) is 26.0 Å². The van der Waals surface area contributed by atoms with Crippen LogP contribution >= 0.6 is 0 Å². The van der Waals surface area contributed by atoms with Crippen molar-refractivity contribution in [2.45, 2.75) is 53.0 Å². The maximum absolute atomic E-state index is 12.9. The van der Waals surface area contributed by atoms with Gasteiger partial charge in [0.1, 0.15) is 5.78 Å². The molecular formula is C26H29NO3. The molecule has 0 saturated carbocycles. The van der Waals surface area contributed by atoms with Crippen molar-refractivity contribution in [3.63, 3.8) is 0 Å². The van der Waals surface area contributed by atoms with Crippen LogP contribution in [-0.4, -0.2) is 24.0 Å². The molecule has 1 atom stereocenters. The van der Waals surface area contributed by atoms with E-state index in [1.54, 1.807) is 0 Å². The Morgan fingerprint density at radius 1 is 1.17 bits per heavy atom. The number of nitrogens with zero attached hydrogens (tertiary/aromatic N) is 1. The van der Waals surface area contributed by atoms with Crippen LogP contribution in [0, 0.1) is 19.8 Å². The molecule has 0 radical (unpaired) electrons. The number of Topliss-reactive ketones (excluding diaryl/α,β-unsaturated/α-hetero) is 1. The van der Waals surface area contributed by atoms with E-state index >= 15 is 0 Å². The Kier molecular flexibility index (Phi) is 4.61. The Hall–Kier alpha value is -2.75. The maximum atomic E-state index is 12.9. The lowest BCUT2D eigenvalue weighted by atomic mass is 9.81. The Bertz CT molecular complexity index is 1070. The second kappa shape index (κ2) is 7.19. The number of carbonyl (C=O) groups excluding carboxylic acids is 1. The predicted molar refractivity (Wildman–Crippen MR) is 119 cm³/mol. The highest BCUT2D eigenvalue weighted by Gasteiger charge is 2.36. The average molecular weight is 404 g/mol. The second-order valence-electron chi connectivity index (χ2n) is 9.20. The van der Waals surface area contributed by atoms with Crippen LogP contribution in [0.2, 0.25) is 0 Å². The van der Waals surface area contributed by atoms with Crippen molar-refractivity contribution in [2.75, 3.05) is 13.3 Å². The lowest BCUT2D eigenvalue weighted by Gasteiger charge is -2.43. The van der Waals surface area contributed by atoms with E-state index in [1.807, 2.05) is 0 Å². The highest BCUT2D eigenvalue weighted by molar-refractivity contribution is 5.89. The van der Waals surface area contributed by atoms with E-state index in [1.165, 1.54) is 39.1 Å². The van der Waals surface area contributed by atoms with Crippen LogP contribution in [0.5, 0.6) is 11.5 Å². The molecule has 0 saturated heterocycles. The van der Waals surface area contributed by atoms with Gasteiger partial charge in [0.15, 0.2) is 11.5 Å². The molecule has 1 unspecified atom stereocenters. The van der Waals surface area contributed by atoms with E-state index < -0.39 is 0 Å². The fourth-order valence-corrected chi connectivity index (χ4v) is 5.13. The summed E-state index contributed by atoms with van der Waals surface area (Å²) in [4.78, 5) is 15.4. The first-order chi connectivity index (χ1) is 14.4. The SMILES string of the molecule is Cc1ccc2c(c1C)C(CC(=O)CC(C)C)N1CCc3cc4c(cc3C1=C2)OCO4. The standard InChI is InChI=1S/C26H29NO3/c1-15(2)9-20(28)12-23-26-17(4)16(3)5-6-19(26)10-22-21-13-25-24(29-14-30-25)11-18(21)7-8-27(22)23/h5-6,10-11,13,15,23H,7-9,12,14H2,1-4H3. The summed E-state index contributed by atoms with van der Waals surface area (Å²) in [7, 11) is 0. The molecule has 3 heterocycles. The van der Waals surface area contributed by atoms with E-state index in [9.17, 15) is 4.79 Å². The van der Waals surface area contributed by atoms with Crippen LogP contribution in [0.3, 0.4) is 0 Å². The van der Waals surface area contributed by atoms with Crippen LogP contribution in [0.25, 0.3) is 11.8 Å². The topological polar surface area (TPSA) is 38.8 Å². The summed E-state index contributed by atoms with van der Waals surface area (Å²) in [6, 6.07) is 8.74. The molecule has 0 bridgehead atoms. The summed E-state index contributed by atoms with van der Waals surface area (Å²) in [5.41, 5.74) is 8.84. The van der Waals surface area contributed by atoms with E-state index in [2.05, 4.69) is 62.9 Å². The largest absolute Gasteiger partial charge is 0.454 e. The Morgan fingerprint density at radius 2 is 1.93 bits per heavy atom. The van der Waals surface area contributed by atoms with Gasteiger partial charge in [-0.3, -0.25) is 4.79 Å². The van der Waals surface area contributed by atoms with Crippen LogP contribution < -0.4 is 9.47 Å². The highest BCUT2D eigenvalue weighted by atomic mass is 16.7. The van der Waals surface area contributed by atoms with Crippen LogP contribution in [0.15, 0.2) is 24.3 Å². The zero-order valence-corrected chi connectivity index (χ0v) is 18.2. The smallest absolute Gasteiger partial charge is 0.231 e. The molecule has 0 aromatic heterocycles. The normalized spacial score (nSPS) is 18.6. The third kappa shape index (κ3) is 3.10. The number of ether oxygens (including phenoxy) is 2. The molecule has 0 spiro atoms. The number of hydrogen-bond acceptors (Lipinski definition) is 4. The Labute approximate surface area is 178 Å². The molecule has 3 aliphatic rings. The van der Waals surface area contributed by atoms with Crippen molar-refractivity contribution < 1.29 is 14.3 Å². The quantitative estimate of drug-likeness (QED) is 0.681. The number of aryl methyl sites for hydroxylation is 1. The Morgan fingerprint density at radius 3 is 2.70 bits per heavy atom. The van der Waals surface area contributed by atoms with Gasteiger partial charge in [-0.05, 0) is 72.2 Å². The first-order valence-corrected chi connectivity index (χ1v) is 11.0. The van der Waals surface area contributed by atoms with Crippen molar-refractivity contribution in [1.82, 2.24) is 4.90 Å². The Balaban J connectivity index is 1.63. The summed E-state index contributed by atoms with van der Waals surface area (Å²) in [6.45, 7) is 9.79. The number of hydrogen-bond donors (Lipinski definition) is 0. The molecule has 30 heavy (non-hydrogen) atoms. The fraction of sp³-hybridized carbons (Fsp3) is 0.423. The van der Waals surface area contributed by atoms with Crippen LogP contribution in [0.4, 0.5) is 0 Å². The van der Waals surface area contributed by atoms with Gasteiger partial charge in [-0.15, -0.1) is 0 Å². The second-order valence-corrected chi connectivity index (χ2v) is 9.20. The lowest BCUT2D eigenvalue weighted by molar-refractivity contribution is -0.120. The molecule has 0 amide bonds. The van der Waals surface area contributed by atoms with E-state index in [4.69, 9.17) is 9.47 Å². The first-order valence-electron chi connectivity index (χ1n) is 11.0. The average Bonchev–Trinajstić information content (AvgIpc) is 3.15. The number of rotatable bonds is 4. The van der Waals surface area contributed by atoms with Crippen molar-refractivity contribution in [3.05, 3.63) is 57.6 Å². The van der Waals surface area contributed by atoms with Crippen molar-refractivity contribution in [1.29, 1.82) is 0 Å². The fourth-order valence-electron chi connectivity index (χ4n) is 5.13. The van der Waals surface area contributed by atoms with Gasteiger partial charge < -0.3 is 14.4 Å². The third-order valence-electron chi connectivity index (χ3n) is 6.68. The molecule has 4 heteroatoms. The van der Waals surface area contributed by atoms with Crippen molar-refractivity contribution in [3.8, 4) is 11.5 Å². The molecular weight excluding hydrogens is 374 g/mol. The number of ketones is 1. The number of benzene rings is 2. The minimum atomic E-state index is 0.0877. The van der Waals surface area contributed by atoms with Gasteiger partial charge in [0, 0.05) is 30.6 Å². The highest BCUT2D eigenvalue weighted by Crippen LogP contribution is 2.47. The summed E-state index contributed by atoms with van der Waals surface area (Å²) >= 11 is 0. The predicted octanol–water partition coefficient (Wildman–Crippen LogP) is 5.45. The zero-order chi connectivity index (χ0) is 21.0. The molecule has 0 aliphatic carbocycles. The molecule has 0 N–H and O–H groups in total. The maximum Gasteiger partial charge on any atom is 0.231 e. The van der Waals surface area contributed by atoms with E-state index in [-0.39, 0.29) is 12.8 Å². The molecule has 4 nitrogen and oxygen atoms in total. The summed E-state index contributed by atoms with van der Waals surface area (Å²) in [6.07, 6.45) is 4.44. The number of carbonyl (C=O) groups is 1. The monoisotopic (exact) mass is 403 g/mol. The molecule has 0 fully saturated rings. The summed E-state index contributed by atoms with van der Waals surface area (Å²) < 4.78 is 11.3. The van der Waals surface area contributed by atoms with Gasteiger partial charge in [0.2, 0.25) is 6.79 Å². The molecule has 2 aromatic rings. The van der Waals surface area contributed by atoms with Crippen molar-refractivity contribution in [2.24, 2.45) is 5.92 Å². The minimum Gasteiger partial charge on any atom is -0.454 e. The van der Waals surface area contributed by atoms with Crippen molar-refractivity contribution >= 4 is 17.6 Å². The van der Waals surface area contributed by atoms with Gasteiger partial charge in [-0.25, -0.2) is 0 Å². The van der Waals surface area contributed by atoms with E-state index in [0.717, 1.165) is 24.5 Å². The zero-order valence-electron chi connectivity index (χ0n) is 18.2. The summed E-state index contributed by atoms with van der Waals surface area (Å²) in [5.74, 6) is 2.39. The van der Waals surface area contributed by atoms with Crippen LogP contribution in [0.1, 0.15) is 66.1 Å². The minimum absolute atomic E-state index is 0.0877. The molecule has 5 rings (SSSR count). The van der Waals surface area contributed by atoms with Gasteiger partial charge in [0.05, 0.1) is 6.04 Å². The van der Waals surface area contributed by atoms with Gasteiger partial charge >= 0.3 is 0 Å². The van der Waals surface area contributed by atoms with Gasteiger partial charge in [0.25, 0.3) is 0 Å². The molecule has 2 aromatic carbocycles. The summed E-state index contributed by atoms with van der Waals surface area (Å²) in [5, 5.41) is 0. The van der Waals surface area contributed by atoms with E-state index in [0.29, 0.717) is 24.5 Å².